The Hall–Kier alpha value is -2.60. The lowest BCUT2D eigenvalue weighted by Crippen LogP contribution is -2.34. The van der Waals surface area contributed by atoms with Gasteiger partial charge in [0.05, 0.1) is 19.3 Å². The zero-order valence-electron chi connectivity index (χ0n) is 16.2. The molecule has 0 spiro atoms. The van der Waals surface area contributed by atoms with Crippen molar-refractivity contribution in [1.82, 2.24) is 4.90 Å². The molecule has 5 heteroatoms. The summed E-state index contributed by atoms with van der Waals surface area (Å²) in [5.74, 6) is -0.588. The van der Waals surface area contributed by atoms with E-state index in [0.29, 0.717) is 31.8 Å². The highest BCUT2D eigenvalue weighted by Crippen LogP contribution is 2.14. The van der Waals surface area contributed by atoms with Crippen LogP contribution in [0.25, 0.3) is 0 Å². The van der Waals surface area contributed by atoms with Crippen LogP contribution in [-0.2, 0) is 24.4 Å². The van der Waals surface area contributed by atoms with Gasteiger partial charge >= 0.3 is 0 Å². The summed E-state index contributed by atoms with van der Waals surface area (Å²) in [6.07, 6.45) is -0.731. The lowest BCUT2D eigenvalue weighted by molar-refractivity contribution is 0.00696. The fraction of sp³-hybridized carbons (Fsp3) is 0.250. The molecule has 0 radical (unpaired) electrons. The molecule has 0 aliphatic carbocycles. The number of benzene rings is 3. The Kier molecular flexibility index (Phi) is 7.87. The molecule has 3 aromatic rings. The summed E-state index contributed by atoms with van der Waals surface area (Å²) in [7, 11) is 0. The second-order valence-electron chi connectivity index (χ2n) is 7.04. The Balaban J connectivity index is 1.60. The highest BCUT2D eigenvalue weighted by Gasteiger charge is 2.15. The van der Waals surface area contributed by atoms with E-state index in [1.54, 1.807) is 30.3 Å². The average Bonchev–Trinajstić information content (AvgIpc) is 2.72. The Labute approximate surface area is 170 Å². The van der Waals surface area contributed by atoms with E-state index < -0.39 is 6.10 Å². The van der Waals surface area contributed by atoms with E-state index in [4.69, 9.17) is 4.74 Å². The summed E-state index contributed by atoms with van der Waals surface area (Å²) < 4.78 is 32.9. The molecule has 0 heterocycles. The number of nitrogens with zero attached hydrogens (tertiary/aromatic N) is 1. The third-order valence-electron chi connectivity index (χ3n) is 4.56. The Morgan fingerprint density at radius 2 is 1.48 bits per heavy atom. The van der Waals surface area contributed by atoms with Crippen LogP contribution in [0.5, 0.6) is 0 Å². The standard InChI is InChI=1S/C24H25F2NO2/c25-22-12-10-19(11-13-22)14-27(15-21-8-4-5-9-24(21)26)16-23(28)18-29-17-20-6-2-1-3-7-20/h1-13,23,28H,14-18H2/t23-/m0/s1. The molecule has 1 N–H and O–H groups in total. The van der Waals surface area contributed by atoms with Gasteiger partial charge in [0.2, 0.25) is 0 Å². The van der Waals surface area contributed by atoms with Crippen LogP contribution >= 0.6 is 0 Å². The van der Waals surface area contributed by atoms with Gasteiger partial charge in [0.1, 0.15) is 11.6 Å². The quantitative estimate of drug-likeness (QED) is 0.545. The van der Waals surface area contributed by atoms with Gasteiger partial charge in [-0.25, -0.2) is 8.78 Å². The third kappa shape index (κ3) is 7.06. The number of aliphatic hydroxyl groups is 1. The lowest BCUT2D eigenvalue weighted by Gasteiger charge is -2.25. The van der Waals surface area contributed by atoms with Gasteiger partial charge in [-0.05, 0) is 29.3 Å². The molecular formula is C24H25F2NO2. The predicted octanol–water partition coefficient (Wildman–Crippen LogP) is 4.54. The summed E-state index contributed by atoms with van der Waals surface area (Å²) in [6.45, 7) is 1.69. The van der Waals surface area contributed by atoms with Gasteiger partial charge < -0.3 is 9.84 Å². The van der Waals surface area contributed by atoms with Crippen LogP contribution < -0.4 is 0 Å². The Morgan fingerprint density at radius 3 is 2.21 bits per heavy atom. The van der Waals surface area contributed by atoms with Crippen molar-refractivity contribution in [2.45, 2.75) is 25.8 Å². The van der Waals surface area contributed by atoms with Gasteiger partial charge in [-0.15, -0.1) is 0 Å². The van der Waals surface area contributed by atoms with Gasteiger partial charge in [-0.1, -0.05) is 60.7 Å². The van der Waals surface area contributed by atoms with E-state index in [9.17, 15) is 13.9 Å². The van der Waals surface area contributed by atoms with E-state index in [2.05, 4.69) is 0 Å². The largest absolute Gasteiger partial charge is 0.389 e. The first kappa shape index (κ1) is 21.1. The first-order valence-corrected chi connectivity index (χ1v) is 9.60. The summed E-state index contributed by atoms with van der Waals surface area (Å²) in [4.78, 5) is 1.93. The highest BCUT2D eigenvalue weighted by atomic mass is 19.1. The molecule has 0 aromatic heterocycles. The van der Waals surface area contributed by atoms with Crippen LogP contribution in [0.2, 0.25) is 0 Å². The van der Waals surface area contributed by atoms with Gasteiger partial charge in [0, 0.05) is 25.2 Å². The van der Waals surface area contributed by atoms with Crippen molar-refractivity contribution in [2.75, 3.05) is 13.2 Å². The maximum atomic E-state index is 14.1. The molecule has 0 aliphatic rings. The summed E-state index contributed by atoms with van der Waals surface area (Å²) in [5, 5.41) is 10.4. The molecule has 0 fully saturated rings. The van der Waals surface area contributed by atoms with Crippen molar-refractivity contribution in [3.63, 3.8) is 0 Å². The topological polar surface area (TPSA) is 32.7 Å². The Morgan fingerprint density at radius 1 is 0.793 bits per heavy atom. The van der Waals surface area contributed by atoms with Gasteiger partial charge in [0.15, 0.2) is 0 Å². The zero-order chi connectivity index (χ0) is 20.5. The maximum absolute atomic E-state index is 14.1. The van der Waals surface area contributed by atoms with Gasteiger partial charge in [0.25, 0.3) is 0 Å². The molecule has 3 aromatic carbocycles. The number of ether oxygens (including phenoxy) is 1. The molecule has 0 amide bonds. The van der Waals surface area contributed by atoms with E-state index in [0.717, 1.165) is 11.1 Å². The van der Waals surface area contributed by atoms with Crippen molar-refractivity contribution in [2.24, 2.45) is 0 Å². The molecule has 0 bridgehead atoms. The van der Waals surface area contributed by atoms with Crippen molar-refractivity contribution >= 4 is 0 Å². The van der Waals surface area contributed by atoms with Crippen LogP contribution in [0.3, 0.4) is 0 Å². The van der Waals surface area contributed by atoms with Crippen LogP contribution in [0.4, 0.5) is 8.78 Å². The fourth-order valence-electron chi connectivity index (χ4n) is 3.14. The van der Waals surface area contributed by atoms with E-state index in [1.165, 1.54) is 18.2 Å². The third-order valence-corrected chi connectivity index (χ3v) is 4.56. The first-order valence-electron chi connectivity index (χ1n) is 9.60. The molecule has 0 unspecified atom stereocenters. The molecule has 0 saturated carbocycles. The average molecular weight is 397 g/mol. The highest BCUT2D eigenvalue weighted by molar-refractivity contribution is 5.19. The SMILES string of the molecule is O[C@H](COCc1ccccc1)CN(Cc1ccc(F)cc1)Cc1ccccc1F. The molecule has 0 saturated heterocycles. The fourth-order valence-corrected chi connectivity index (χ4v) is 3.14. The summed E-state index contributed by atoms with van der Waals surface area (Å²) in [6, 6.07) is 22.5. The number of halogens is 2. The number of hydrogen-bond donors (Lipinski definition) is 1. The minimum atomic E-state index is -0.731. The molecule has 152 valence electrons. The van der Waals surface area contributed by atoms with Crippen molar-refractivity contribution in [3.05, 3.63) is 107 Å². The van der Waals surface area contributed by atoms with Gasteiger partial charge in [-0.3, -0.25) is 4.90 Å². The normalized spacial score (nSPS) is 12.3. The summed E-state index contributed by atoms with van der Waals surface area (Å²) >= 11 is 0. The zero-order valence-corrected chi connectivity index (χ0v) is 16.2. The molecule has 1 atom stereocenters. The smallest absolute Gasteiger partial charge is 0.127 e. The predicted molar refractivity (Wildman–Crippen MR) is 109 cm³/mol. The van der Waals surface area contributed by atoms with Crippen LogP contribution in [0.1, 0.15) is 16.7 Å². The first-order chi connectivity index (χ1) is 14.1. The monoisotopic (exact) mass is 397 g/mol. The van der Waals surface area contributed by atoms with Crippen molar-refractivity contribution in [1.29, 1.82) is 0 Å². The number of hydrogen-bond acceptors (Lipinski definition) is 3. The molecule has 3 rings (SSSR count). The van der Waals surface area contributed by atoms with E-state index in [-0.39, 0.29) is 18.2 Å². The van der Waals surface area contributed by atoms with Crippen molar-refractivity contribution < 1.29 is 18.6 Å². The minimum Gasteiger partial charge on any atom is -0.389 e. The number of rotatable bonds is 10. The van der Waals surface area contributed by atoms with Crippen LogP contribution in [0, 0.1) is 11.6 Å². The van der Waals surface area contributed by atoms with E-state index in [1.807, 2.05) is 35.2 Å². The lowest BCUT2D eigenvalue weighted by atomic mass is 10.1. The molecule has 3 nitrogen and oxygen atoms in total. The number of aliphatic hydroxyl groups excluding tert-OH is 1. The van der Waals surface area contributed by atoms with Crippen LogP contribution in [-0.4, -0.2) is 29.3 Å². The molecule has 0 aliphatic heterocycles. The second kappa shape index (κ2) is 10.8. The Bertz CT molecular complexity index is 872. The molecule has 29 heavy (non-hydrogen) atoms. The minimum absolute atomic E-state index is 0.173. The van der Waals surface area contributed by atoms with E-state index >= 15 is 0 Å². The van der Waals surface area contributed by atoms with Gasteiger partial charge in [-0.2, -0.15) is 0 Å². The van der Waals surface area contributed by atoms with Crippen LogP contribution in [0.15, 0.2) is 78.9 Å². The molecular weight excluding hydrogens is 372 g/mol. The summed E-state index contributed by atoms with van der Waals surface area (Å²) in [5.41, 5.74) is 2.47. The van der Waals surface area contributed by atoms with Crippen molar-refractivity contribution in [3.8, 4) is 0 Å². The maximum Gasteiger partial charge on any atom is 0.127 e. The second-order valence-corrected chi connectivity index (χ2v) is 7.04.